The molecule has 0 saturated carbocycles. The first-order valence-electron chi connectivity index (χ1n) is 7.49. The molecular formula is C15H22Cl2N2O4S. The van der Waals surface area contributed by atoms with Gasteiger partial charge in [-0.15, -0.1) is 12.4 Å². The molecule has 1 heterocycles. The van der Waals surface area contributed by atoms with E-state index in [-0.39, 0.29) is 41.4 Å². The number of amides is 1. The van der Waals surface area contributed by atoms with Crippen LogP contribution in [0, 0.1) is 5.92 Å². The van der Waals surface area contributed by atoms with E-state index in [0.29, 0.717) is 18.2 Å². The van der Waals surface area contributed by atoms with Gasteiger partial charge in [-0.3, -0.25) is 4.79 Å². The first kappa shape index (κ1) is 21.2. The Labute approximate surface area is 153 Å². The number of halogens is 2. The number of hydrogen-bond donors (Lipinski definition) is 2. The van der Waals surface area contributed by atoms with Gasteiger partial charge in [-0.1, -0.05) is 11.6 Å². The number of rotatable bonds is 6. The molecule has 1 aromatic carbocycles. The maximum absolute atomic E-state index is 12.2. The van der Waals surface area contributed by atoms with E-state index >= 15 is 0 Å². The quantitative estimate of drug-likeness (QED) is 0.756. The Morgan fingerprint density at radius 3 is 2.46 bits per heavy atom. The maximum atomic E-state index is 12.2. The minimum absolute atomic E-state index is 0. The summed E-state index contributed by atoms with van der Waals surface area (Å²) in [6, 6.07) is 5.32. The van der Waals surface area contributed by atoms with Crippen molar-refractivity contribution in [2.45, 2.75) is 23.8 Å². The molecule has 24 heavy (non-hydrogen) atoms. The van der Waals surface area contributed by atoms with Gasteiger partial charge in [-0.05, 0) is 43.0 Å². The number of benzene rings is 1. The van der Waals surface area contributed by atoms with Crippen molar-refractivity contribution in [3.05, 3.63) is 29.3 Å². The third-order valence-electron chi connectivity index (χ3n) is 3.92. The monoisotopic (exact) mass is 396 g/mol. The van der Waals surface area contributed by atoms with E-state index in [0.717, 1.165) is 12.8 Å². The Morgan fingerprint density at radius 1 is 1.29 bits per heavy atom. The lowest BCUT2D eigenvalue weighted by Crippen LogP contribution is -2.48. The summed E-state index contributed by atoms with van der Waals surface area (Å²) in [5.41, 5.74) is 5.94. The second-order valence-electron chi connectivity index (χ2n) is 5.54. The van der Waals surface area contributed by atoms with Gasteiger partial charge in [0.1, 0.15) is 0 Å². The number of nitrogens with two attached hydrogens (primary N) is 1. The molecule has 1 aliphatic rings. The average Bonchev–Trinajstić information content (AvgIpc) is 2.55. The summed E-state index contributed by atoms with van der Waals surface area (Å²) < 4.78 is 29.5. The maximum Gasteiger partial charge on any atom is 0.237 e. The fourth-order valence-electron chi connectivity index (χ4n) is 2.48. The van der Waals surface area contributed by atoms with Crippen LogP contribution >= 0.6 is 24.0 Å². The van der Waals surface area contributed by atoms with Crippen molar-refractivity contribution >= 4 is 39.8 Å². The molecule has 0 spiro atoms. The summed E-state index contributed by atoms with van der Waals surface area (Å²) in [6.45, 7) is 1.24. The van der Waals surface area contributed by atoms with Crippen molar-refractivity contribution < 1.29 is 17.9 Å². The molecule has 136 valence electrons. The zero-order valence-corrected chi connectivity index (χ0v) is 15.5. The summed E-state index contributed by atoms with van der Waals surface area (Å²) in [4.78, 5) is 12.2. The molecule has 1 amide bonds. The van der Waals surface area contributed by atoms with Crippen LogP contribution in [0.25, 0.3) is 0 Å². The number of carbonyl (C=O) groups is 1. The lowest BCUT2D eigenvalue weighted by atomic mass is 9.92. The number of ether oxygens (including phenoxy) is 1. The molecule has 1 atom stereocenters. The number of sulfone groups is 1. The molecule has 0 aromatic heterocycles. The van der Waals surface area contributed by atoms with Crippen LogP contribution in [-0.2, 0) is 19.4 Å². The highest BCUT2D eigenvalue weighted by Gasteiger charge is 2.26. The fraction of sp³-hybridized carbons (Fsp3) is 0.533. The van der Waals surface area contributed by atoms with Crippen molar-refractivity contribution in [1.82, 2.24) is 5.32 Å². The van der Waals surface area contributed by atoms with Gasteiger partial charge in [-0.2, -0.15) is 0 Å². The smallest absolute Gasteiger partial charge is 0.237 e. The van der Waals surface area contributed by atoms with Crippen molar-refractivity contribution in [3.63, 3.8) is 0 Å². The highest BCUT2D eigenvalue weighted by Crippen LogP contribution is 2.18. The van der Waals surface area contributed by atoms with Crippen LogP contribution in [0.2, 0.25) is 5.02 Å². The Hall–Kier alpha value is -0.860. The van der Waals surface area contributed by atoms with Crippen LogP contribution in [-0.4, -0.2) is 45.9 Å². The van der Waals surface area contributed by atoms with E-state index in [2.05, 4.69) is 5.32 Å². The van der Waals surface area contributed by atoms with E-state index in [4.69, 9.17) is 22.1 Å². The molecule has 2 rings (SSSR count). The Bertz CT molecular complexity index is 631. The standard InChI is InChI=1S/C15H21ClN2O4S.ClH/c16-12-1-3-13(4-2-12)23(20,21)10-7-18-15(19)14(17)11-5-8-22-9-6-11;/h1-4,11,14H,5-10,17H2,(H,18,19);1H. The predicted octanol–water partition coefficient (Wildman–Crippen LogP) is 1.41. The predicted molar refractivity (Wildman–Crippen MR) is 95.3 cm³/mol. The van der Waals surface area contributed by atoms with E-state index < -0.39 is 15.9 Å². The van der Waals surface area contributed by atoms with Crippen molar-refractivity contribution in [1.29, 1.82) is 0 Å². The fourth-order valence-corrected chi connectivity index (χ4v) is 3.76. The highest BCUT2D eigenvalue weighted by molar-refractivity contribution is 7.91. The normalized spacial score (nSPS) is 16.9. The molecule has 9 heteroatoms. The molecule has 0 bridgehead atoms. The second-order valence-corrected chi connectivity index (χ2v) is 8.08. The summed E-state index contributed by atoms with van der Waals surface area (Å²) in [7, 11) is -3.46. The Kier molecular flexibility index (Phi) is 8.45. The topological polar surface area (TPSA) is 98.5 Å². The summed E-state index contributed by atoms with van der Waals surface area (Å²) in [6.07, 6.45) is 1.50. The molecule has 3 N–H and O–H groups in total. The lowest BCUT2D eigenvalue weighted by molar-refractivity contribution is -0.124. The Balaban J connectivity index is 0.00000288. The SMILES string of the molecule is Cl.NC(C(=O)NCCS(=O)(=O)c1ccc(Cl)cc1)C1CCOCC1. The molecule has 1 fully saturated rings. The van der Waals surface area contributed by atoms with Gasteiger partial charge in [0.2, 0.25) is 5.91 Å². The van der Waals surface area contributed by atoms with Crippen LogP contribution < -0.4 is 11.1 Å². The summed E-state index contributed by atoms with van der Waals surface area (Å²) in [5, 5.41) is 3.08. The zero-order chi connectivity index (χ0) is 16.9. The molecule has 0 radical (unpaired) electrons. The van der Waals surface area contributed by atoms with E-state index in [1.165, 1.54) is 24.3 Å². The van der Waals surface area contributed by atoms with Crippen molar-refractivity contribution in [3.8, 4) is 0 Å². The van der Waals surface area contributed by atoms with Gasteiger partial charge in [-0.25, -0.2) is 8.42 Å². The minimum atomic E-state index is -3.46. The van der Waals surface area contributed by atoms with Crippen LogP contribution in [0.5, 0.6) is 0 Å². The van der Waals surface area contributed by atoms with Crippen LogP contribution in [0.4, 0.5) is 0 Å². The highest BCUT2D eigenvalue weighted by atomic mass is 35.5. The van der Waals surface area contributed by atoms with E-state index in [1.807, 2.05) is 0 Å². The van der Waals surface area contributed by atoms with Gasteiger partial charge in [0, 0.05) is 24.8 Å². The van der Waals surface area contributed by atoms with Gasteiger partial charge in [0.25, 0.3) is 0 Å². The molecular weight excluding hydrogens is 375 g/mol. The summed E-state index contributed by atoms with van der Waals surface area (Å²) >= 11 is 5.74. The average molecular weight is 397 g/mol. The second kappa shape index (κ2) is 9.58. The molecule has 1 unspecified atom stereocenters. The lowest BCUT2D eigenvalue weighted by Gasteiger charge is -2.26. The minimum Gasteiger partial charge on any atom is -0.381 e. The van der Waals surface area contributed by atoms with Crippen molar-refractivity contribution in [2.75, 3.05) is 25.5 Å². The van der Waals surface area contributed by atoms with Gasteiger partial charge in [0.15, 0.2) is 9.84 Å². The van der Waals surface area contributed by atoms with E-state index in [9.17, 15) is 13.2 Å². The van der Waals surface area contributed by atoms with E-state index in [1.54, 1.807) is 0 Å². The summed E-state index contributed by atoms with van der Waals surface area (Å²) in [5.74, 6) is -0.416. The van der Waals surface area contributed by atoms with Crippen LogP contribution in [0.1, 0.15) is 12.8 Å². The van der Waals surface area contributed by atoms with Gasteiger partial charge < -0.3 is 15.8 Å². The molecule has 1 aliphatic heterocycles. The third-order valence-corrected chi connectivity index (χ3v) is 5.90. The Morgan fingerprint density at radius 2 is 1.88 bits per heavy atom. The first-order chi connectivity index (χ1) is 10.9. The van der Waals surface area contributed by atoms with Crippen LogP contribution in [0.15, 0.2) is 29.2 Å². The van der Waals surface area contributed by atoms with Gasteiger partial charge in [0.05, 0.1) is 16.7 Å². The van der Waals surface area contributed by atoms with Gasteiger partial charge >= 0.3 is 0 Å². The molecule has 0 aliphatic carbocycles. The number of hydrogen-bond acceptors (Lipinski definition) is 5. The molecule has 6 nitrogen and oxygen atoms in total. The number of nitrogens with one attached hydrogen (secondary N) is 1. The van der Waals surface area contributed by atoms with Crippen LogP contribution in [0.3, 0.4) is 0 Å². The molecule has 1 saturated heterocycles. The first-order valence-corrected chi connectivity index (χ1v) is 9.52. The molecule has 1 aromatic rings. The van der Waals surface area contributed by atoms with Crippen molar-refractivity contribution in [2.24, 2.45) is 11.7 Å². The third kappa shape index (κ3) is 5.89. The number of carbonyl (C=O) groups excluding carboxylic acids is 1. The zero-order valence-electron chi connectivity index (χ0n) is 13.1. The largest absolute Gasteiger partial charge is 0.381 e.